The molecule has 29 heavy (non-hydrogen) atoms. The zero-order valence-corrected chi connectivity index (χ0v) is 15.4. The second kappa shape index (κ2) is 8.02. The molecular formula is C19H15F2N5O3. The molecule has 0 saturated heterocycles. The largest absolute Gasteiger partial charge is 0.352 e. The van der Waals surface area contributed by atoms with Gasteiger partial charge in [0.05, 0.1) is 12.2 Å². The molecule has 2 aromatic heterocycles. The summed E-state index contributed by atoms with van der Waals surface area (Å²) in [6, 6.07) is 5.99. The first kappa shape index (κ1) is 19.9. The van der Waals surface area contributed by atoms with Crippen molar-refractivity contribution in [3.63, 3.8) is 0 Å². The summed E-state index contributed by atoms with van der Waals surface area (Å²) in [5, 5.41) is 19.2. The third-order valence-electron chi connectivity index (χ3n) is 4.02. The Kier molecular flexibility index (Phi) is 5.50. The van der Waals surface area contributed by atoms with Gasteiger partial charge in [-0.25, -0.2) is 8.78 Å². The standard InChI is InChI=1S/C19H15F2N5O3/c1-10(23-19(28)17-7-18(11(2)27)29-25-17)9-26-4-3-16(24-26)12-5-14(20)13(8-22)15(21)6-12/h3-7,10H,9H2,1-2H3,(H,23,28)/t10-/m1/s1. The molecule has 0 bridgehead atoms. The minimum Gasteiger partial charge on any atom is -0.352 e. The van der Waals surface area contributed by atoms with Gasteiger partial charge in [-0.05, 0) is 25.1 Å². The number of carbonyl (C=O) groups is 2. The smallest absolute Gasteiger partial charge is 0.273 e. The molecule has 3 rings (SSSR count). The van der Waals surface area contributed by atoms with Gasteiger partial charge in [-0.2, -0.15) is 10.4 Å². The molecule has 0 aliphatic heterocycles. The Bertz CT molecular complexity index is 1110. The molecule has 0 aliphatic carbocycles. The highest BCUT2D eigenvalue weighted by molar-refractivity contribution is 5.96. The Labute approximate surface area is 163 Å². The van der Waals surface area contributed by atoms with Crippen molar-refractivity contribution in [3.8, 4) is 17.3 Å². The van der Waals surface area contributed by atoms with Crippen LogP contribution in [0.4, 0.5) is 8.78 Å². The second-order valence-corrected chi connectivity index (χ2v) is 6.36. The average molecular weight is 399 g/mol. The predicted octanol–water partition coefficient (Wildman–Crippen LogP) is 2.71. The van der Waals surface area contributed by atoms with Crippen molar-refractivity contribution in [2.75, 3.05) is 0 Å². The molecule has 3 aromatic rings. The minimum absolute atomic E-state index is 0.0126. The van der Waals surface area contributed by atoms with Gasteiger partial charge >= 0.3 is 0 Å². The fourth-order valence-corrected chi connectivity index (χ4v) is 2.62. The zero-order chi connectivity index (χ0) is 21.1. The Balaban J connectivity index is 1.67. The normalized spacial score (nSPS) is 11.7. The SMILES string of the molecule is CC(=O)c1cc(C(=O)N[C@H](C)Cn2ccc(-c3cc(F)c(C#N)c(F)c3)n2)no1. The van der Waals surface area contributed by atoms with E-state index in [9.17, 15) is 18.4 Å². The van der Waals surface area contributed by atoms with E-state index in [1.165, 1.54) is 23.7 Å². The van der Waals surface area contributed by atoms with Gasteiger partial charge in [0.25, 0.3) is 5.91 Å². The second-order valence-electron chi connectivity index (χ2n) is 6.36. The van der Waals surface area contributed by atoms with E-state index in [-0.39, 0.29) is 35.4 Å². The number of hydrogen-bond acceptors (Lipinski definition) is 6. The highest BCUT2D eigenvalue weighted by atomic mass is 19.1. The van der Waals surface area contributed by atoms with Crippen LogP contribution in [0.25, 0.3) is 11.3 Å². The number of nitrogens with zero attached hydrogens (tertiary/aromatic N) is 4. The van der Waals surface area contributed by atoms with Crippen LogP contribution in [0.3, 0.4) is 0 Å². The van der Waals surface area contributed by atoms with Crippen LogP contribution in [-0.2, 0) is 6.54 Å². The maximum Gasteiger partial charge on any atom is 0.273 e. The lowest BCUT2D eigenvalue weighted by molar-refractivity contribution is 0.0922. The van der Waals surface area contributed by atoms with E-state index in [4.69, 9.17) is 9.78 Å². The minimum atomic E-state index is -0.963. The molecule has 0 unspecified atom stereocenters. The van der Waals surface area contributed by atoms with E-state index >= 15 is 0 Å². The van der Waals surface area contributed by atoms with Crippen molar-refractivity contribution in [1.82, 2.24) is 20.3 Å². The van der Waals surface area contributed by atoms with E-state index in [1.807, 2.05) is 0 Å². The van der Waals surface area contributed by atoms with Gasteiger partial charge in [-0.3, -0.25) is 14.3 Å². The van der Waals surface area contributed by atoms with Crippen molar-refractivity contribution >= 4 is 11.7 Å². The Morgan fingerprint density at radius 1 is 1.31 bits per heavy atom. The van der Waals surface area contributed by atoms with Crippen LogP contribution in [0, 0.1) is 23.0 Å². The fraction of sp³-hybridized carbons (Fsp3) is 0.211. The molecule has 0 radical (unpaired) electrons. The number of amides is 1. The first-order chi connectivity index (χ1) is 13.8. The van der Waals surface area contributed by atoms with E-state index in [1.54, 1.807) is 19.2 Å². The summed E-state index contributed by atoms with van der Waals surface area (Å²) in [7, 11) is 0. The molecule has 0 spiro atoms. The molecule has 0 saturated carbocycles. The van der Waals surface area contributed by atoms with Crippen LogP contribution in [-0.4, -0.2) is 32.7 Å². The van der Waals surface area contributed by atoms with Crippen molar-refractivity contribution in [2.24, 2.45) is 0 Å². The number of aromatic nitrogens is 3. The topological polar surface area (TPSA) is 114 Å². The van der Waals surface area contributed by atoms with Crippen LogP contribution < -0.4 is 5.32 Å². The molecule has 10 heteroatoms. The van der Waals surface area contributed by atoms with Crippen molar-refractivity contribution < 1.29 is 22.9 Å². The number of ketones is 1. The molecule has 2 heterocycles. The first-order valence-corrected chi connectivity index (χ1v) is 8.50. The summed E-state index contributed by atoms with van der Waals surface area (Å²) in [6.45, 7) is 3.29. The van der Waals surface area contributed by atoms with E-state index in [0.29, 0.717) is 5.69 Å². The first-order valence-electron chi connectivity index (χ1n) is 8.50. The van der Waals surface area contributed by atoms with Gasteiger partial charge < -0.3 is 9.84 Å². The Morgan fingerprint density at radius 3 is 2.59 bits per heavy atom. The summed E-state index contributed by atoms with van der Waals surface area (Å²) in [5.41, 5.74) is -0.167. The number of carbonyl (C=O) groups excluding carboxylic acids is 2. The predicted molar refractivity (Wildman–Crippen MR) is 95.7 cm³/mol. The summed E-state index contributed by atoms with van der Waals surface area (Å²) < 4.78 is 33.9. The molecule has 1 N–H and O–H groups in total. The number of Topliss-reactive ketones (excluding diaryl/α,β-unsaturated/α-hetero) is 1. The highest BCUT2D eigenvalue weighted by Gasteiger charge is 2.18. The van der Waals surface area contributed by atoms with Gasteiger partial charge in [0.2, 0.25) is 5.76 Å². The summed E-state index contributed by atoms with van der Waals surface area (Å²) >= 11 is 0. The Hall–Kier alpha value is -3.87. The molecule has 8 nitrogen and oxygen atoms in total. The number of hydrogen-bond donors (Lipinski definition) is 1. The number of benzene rings is 1. The summed E-state index contributed by atoms with van der Waals surface area (Å²) in [6.07, 6.45) is 1.59. The molecule has 148 valence electrons. The van der Waals surface area contributed by atoms with E-state index in [0.717, 1.165) is 12.1 Å². The lowest BCUT2D eigenvalue weighted by Crippen LogP contribution is -2.36. The van der Waals surface area contributed by atoms with E-state index < -0.39 is 23.1 Å². The van der Waals surface area contributed by atoms with Gasteiger partial charge in [0, 0.05) is 30.8 Å². The third-order valence-corrected chi connectivity index (χ3v) is 4.02. The van der Waals surface area contributed by atoms with Gasteiger partial charge in [-0.15, -0.1) is 0 Å². The molecule has 0 aliphatic rings. The van der Waals surface area contributed by atoms with Crippen LogP contribution in [0.5, 0.6) is 0 Å². The van der Waals surface area contributed by atoms with Crippen LogP contribution in [0.2, 0.25) is 0 Å². The van der Waals surface area contributed by atoms with Crippen molar-refractivity contribution in [1.29, 1.82) is 5.26 Å². The lowest BCUT2D eigenvalue weighted by Gasteiger charge is -2.12. The number of nitriles is 1. The van der Waals surface area contributed by atoms with Crippen LogP contribution in [0.1, 0.15) is 40.5 Å². The lowest BCUT2D eigenvalue weighted by atomic mass is 10.1. The van der Waals surface area contributed by atoms with E-state index in [2.05, 4.69) is 15.6 Å². The number of nitrogens with one attached hydrogen (secondary N) is 1. The van der Waals surface area contributed by atoms with Gasteiger partial charge in [0.15, 0.2) is 11.5 Å². The Morgan fingerprint density at radius 2 is 2.00 bits per heavy atom. The summed E-state index contributed by atoms with van der Waals surface area (Å²) in [5.74, 6) is -2.80. The molecule has 1 atom stereocenters. The molecule has 1 amide bonds. The van der Waals surface area contributed by atoms with Gasteiger partial charge in [0.1, 0.15) is 23.3 Å². The van der Waals surface area contributed by atoms with Crippen molar-refractivity contribution in [2.45, 2.75) is 26.4 Å². The molecular weight excluding hydrogens is 384 g/mol. The van der Waals surface area contributed by atoms with Crippen molar-refractivity contribution in [3.05, 3.63) is 59.1 Å². The zero-order valence-electron chi connectivity index (χ0n) is 15.4. The van der Waals surface area contributed by atoms with Crippen LogP contribution in [0.15, 0.2) is 35.0 Å². The number of rotatable bonds is 6. The average Bonchev–Trinajstić information content (AvgIpc) is 3.31. The van der Waals surface area contributed by atoms with Crippen LogP contribution >= 0.6 is 0 Å². The van der Waals surface area contributed by atoms with Gasteiger partial charge in [-0.1, -0.05) is 5.16 Å². The quantitative estimate of drug-likeness (QED) is 0.638. The fourth-order valence-electron chi connectivity index (χ4n) is 2.62. The maximum atomic E-state index is 13.8. The highest BCUT2D eigenvalue weighted by Crippen LogP contribution is 2.22. The monoisotopic (exact) mass is 399 g/mol. The molecule has 1 aromatic carbocycles. The molecule has 0 fully saturated rings. The number of halogens is 2. The third kappa shape index (κ3) is 4.35. The summed E-state index contributed by atoms with van der Waals surface area (Å²) in [4.78, 5) is 23.4. The maximum absolute atomic E-state index is 13.8.